The smallest absolute Gasteiger partial charge is 0.308 e. The minimum Gasteiger partial charge on any atom is -0.351 e. The second-order valence-corrected chi connectivity index (χ2v) is 5.78. The summed E-state index contributed by atoms with van der Waals surface area (Å²) in [5, 5.41) is 13.0. The number of amides is 1. The Labute approximate surface area is 121 Å². The van der Waals surface area contributed by atoms with Crippen molar-refractivity contribution in [3.8, 4) is 0 Å². The van der Waals surface area contributed by atoms with Crippen molar-refractivity contribution in [3.63, 3.8) is 0 Å². The Kier molecular flexibility index (Phi) is 4.32. The van der Waals surface area contributed by atoms with Crippen LogP contribution < -0.4 is 5.32 Å². The lowest BCUT2D eigenvalue weighted by Crippen LogP contribution is -2.31. The van der Waals surface area contributed by atoms with Gasteiger partial charge in [0, 0.05) is 11.4 Å². The third-order valence-corrected chi connectivity index (χ3v) is 4.12. The molecule has 1 amide bonds. The van der Waals surface area contributed by atoms with E-state index in [-0.39, 0.29) is 11.4 Å². The molecule has 0 aromatic heterocycles. The number of benzene rings is 1. The Morgan fingerprint density at radius 3 is 2.70 bits per heavy atom. The highest BCUT2D eigenvalue weighted by Crippen LogP contribution is 2.36. The summed E-state index contributed by atoms with van der Waals surface area (Å²) < 4.78 is 27.0. The zero-order valence-electron chi connectivity index (χ0n) is 10.2. The SMILES string of the molecule is O=C(NCC(Br)C1CC1)c1cc(F)cc([N+](=O)[O-])c1F. The number of nitrogens with zero attached hydrogens (tertiary/aromatic N) is 1. The van der Waals surface area contributed by atoms with Crippen LogP contribution in [-0.2, 0) is 0 Å². The van der Waals surface area contributed by atoms with Crippen LogP contribution in [0.4, 0.5) is 14.5 Å². The van der Waals surface area contributed by atoms with Gasteiger partial charge in [0.25, 0.3) is 5.91 Å². The number of alkyl halides is 1. The minimum atomic E-state index is -1.33. The van der Waals surface area contributed by atoms with E-state index in [0.717, 1.165) is 12.8 Å². The molecule has 1 unspecified atom stereocenters. The Balaban J connectivity index is 2.14. The van der Waals surface area contributed by atoms with Gasteiger partial charge < -0.3 is 5.32 Å². The molecule has 8 heteroatoms. The second-order valence-electron chi connectivity index (χ2n) is 4.61. The van der Waals surface area contributed by atoms with Crippen molar-refractivity contribution >= 4 is 27.5 Å². The normalized spacial score (nSPS) is 15.8. The molecule has 2 rings (SSSR count). The highest BCUT2D eigenvalue weighted by atomic mass is 79.9. The van der Waals surface area contributed by atoms with Gasteiger partial charge in [-0.15, -0.1) is 0 Å². The van der Waals surface area contributed by atoms with E-state index < -0.39 is 33.7 Å². The average Bonchev–Trinajstić information content (AvgIpc) is 3.21. The van der Waals surface area contributed by atoms with E-state index in [4.69, 9.17) is 0 Å². The number of nitro groups is 1. The Morgan fingerprint density at radius 1 is 1.50 bits per heavy atom. The molecule has 1 aliphatic carbocycles. The van der Waals surface area contributed by atoms with Gasteiger partial charge in [0.05, 0.1) is 16.6 Å². The molecular weight excluding hydrogens is 338 g/mol. The van der Waals surface area contributed by atoms with Crippen LogP contribution in [-0.4, -0.2) is 22.2 Å². The van der Waals surface area contributed by atoms with Crippen LogP contribution in [0.2, 0.25) is 0 Å². The number of rotatable bonds is 5. The van der Waals surface area contributed by atoms with Gasteiger partial charge in [-0.2, -0.15) is 4.39 Å². The molecule has 0 radical (unpaired) electrons. The fourth-order valence-corrected chi connectivity index (χ4v) is 2.47. The first-order chi connectivity index (χ1) is 9.40. The highest BCUT2D eigenvalue weighted by Gasteiger charge is 2.30. The Bertz CT molecular complexity index is 564. The zero-order valence-corrected chi connectivity index (χ0v) is 11.8. The minimum absolute atomic E-state index is 0.0676. The lowest BCUT2D eigenvalue weighted by Gasteiger charge is -2.10. The van der Waals surface area contributed by atoms with Gasteiger partial charge in [0.2, 0.25) is 5.82 Å². The maximum Gasteiger partial charge on any atom is 0.308 e. The van der Waals surface area contributed by atoms with Crippen molar-refractivity contribution in [1.82, 2.24) is 5.32 Å². The molecule has 5 nitrogen and oxygen atoms in total. The number of nitro benzene ring substituents is 1. The average molecular weight is 349 g/mol. The molecule has 108 valence electrons. The van der Waals surface area contributed by atoms with Crippen LogP contribution in [0.25, 0.3) is 0 Å². The standard InChI is InChI=1S/C12H11BrF2N2O3/c13-9(6-1-2-6)5-16-12(18)8-3-7(14)4-10(11(8)15)17(19)20/h3-4,6,9H,1-2,5H2,(H,16,18). The van der Waals surface area contributed by atoms with Gasteiger partial charge in [0.15, 0.2) is 0 Å². The molecule has 1 aliphatic rings. The summed E-state index contributed by atoms with van der Waals surface area (Å²) in [5.41, 5.74) is -1.71. The zero-order chi connectivity index (χ0) is 14.9. The van der Waals surface area contributed by atoms with Gasteiger partial charge in [-0.25, -0.2) is 4.39 Å². The summed E-state index contributed by atoms with van der Waals surface area (Å²) in [6, 6.07) is 1.10. The predicted octanol–water partition coefficient (Wildman–Crippen LogP) is 2.78. The van der Waals surface area contributed by atoms with E-state index in [2.05, 4.69) is 21.2 Å². The maximum atomic E-state index is 13.8. The van der Waals surface area contributed by atoms with Crippen molar-refractivity contribution in [2.75, 3.05) is 6.54 Å². The molecular formula is C12H11BrF2N2O3. The second kappa shape index (κ2) is 5.82. The molecule has 0 spiro atoms. The summed E-state index contributed by atoms with van der Waals surface area (Å²) in [6.45, 7) is 0.257. The number of nitrogens with one attached hydrogen (secondary N) is 1. The van der Waals surface area contributed by atoms with Crippen LogP contribution in [0.5, 0.6) is 0 Å². The topological polar surface area (TPSA) is 72.2 Å². The quantitative estimate of drug-likeness (QED) is 0.505. The van der Waals surface area contributed by atoms with Gasteiger partial charge in [-0.3, -0.25) is 14.9 Å². The fraction of sp³-hybridized carbons (Fsp3) is 0.417. The van der Waals surface area contributed by atoms with Crippen LogP contribution in [0.15, 0.2) is 12.1 Å². The molecule has 20 heavy (non-hydrogen) atoms. The van der Waals surface area contributed by atoms with Crippen molar-refractivity contribution < 1.29 is 18.5 Å². The monoisotopic (exact) mass is 348 g/mol. The number of hydrogen-bond donors (Lipinski definition) is 1. The van der Waals surface area contributed by atoms with Crippen molar-refractivity contribution in [3.05, 3.63) is 39.4 Å². The van der Waals surface area contributed by atoms with Gasteiger partial charge in [-0.05, 0) is 24.8 Å². The fourth-order valence-electron chi connectivity index (χ4n) is 1.78. The summed E-state index contributed by atoms with van der Waals surface area (Å²) in [7, 11) is 0. The Hall–Kier alpha value is -1.57. The number of hydrogen-bond acceptors (Lipinski definition) is 3. The third kappa shape index (κ3) is 3.30. The van der Waals surface area contributed by atoms with E-state index >= 15 is 0 Å². The van der Waals surface area contributed by atoms with E-state index in [1.165, 1.54) is 0 Å². The first-order valence-corrected chi connectivity index (χ1v) is 6.87. The van der Waals surface area contributed by atoms with Gasteiger partial charge >= 0.3 is 5.69 Å². The van der Waals surface area contributed by atoms with Crippen LogP contribution in [0, 0.1) is 27.7 Å². The van der Waals surface area contributed by atoms with Crippen LogP contribution >= 0.6 is 15.9 Å². The summed E-state index contributed by atoms with van der Waals surface area (Å²) in [5.74, 6) is -2.75. The van der Waals surface area contributed by atoms with Crippen molar-refractivity contribution in [2.45, 2.75) is 17.7 Å². The molecule has 1 fully saturated rings. The molecule has 1 aromatic carbocycles. The summed E-state index contributed by atoms with van der Waals surface area (Å²) in [4.78, 5) is 21.4. The number of halogens is 3. The van der Waals surface area contributed by atoms with E-state index in [1.54, 1.807) is 0 Å². The lowest BCUT2D eigenvalue weighted by molar-refractivity contribution is -0.387. The van der Waals surface area contributed by atoms with Crippen molar-refractivity contribution in [2.24, 2.45) is 5.92 Å². The summed E-state index contributed by atoms with van der Waals surface area (Å²) >= 11 is 3.39. The Morgan fingerprint density at radius 2 is 2.15 bits per heavy atom. The molecule has 0 heterocycles. The van der Waals surface area contributed by atoms with Crippen LogP contribution in [0.1, 0.15) is 23.2 Å². The first kappa shape index (κ1) is 14.8. The third-order valence-electron chi connectivity index (χ3n) is 3.05. The highest BCUT2D eigenvalue weighted by molar-refractivity contribution is 9.09. The van der Waals surface area contributed by atoms with Crippen LogP contribution in [0.3, 0.4) is 0 Å². The van der Waals surface area contributed by atoms with Crippen molar-refractivity contribution in [1.29, 1.82) is 0 Å². The van der Waals surface area contributed by atoms with E-state index in [1.807, 2.05) is 0 Å². The first-order valence-electron chi connectivity index (χ1n) is 5.96. The lowest BCUT2D eigenvalue weighted by atomic mass is 10.1. The predicted molar refractivity (Wildman–Crippen MR) is 70.8 cm³/mol. The van der Waals surface area contributed by atoms with E-state index in [0.29, 0.717) is 18.1 Å². The molecule has 0 aliphatic heterocycles. The number of carbonyl (C=O) groups excluding carboxylic acids is 1. The number of carbonyl (C=O) groups is 1. The van der Waals surface area contributed by atoms with Gasteiger partial charge in [0.1, 0.15) is 5.82 Å². The molecule has 1 aromatic rings. The molecule has 1 saturated carbocycles. The summed E-state index contributed by atoms with van der Waals surface area (Å²) in [6.07, 6.45) is 2.12. The van der Waals surface area contributed by atoms with E-state index in [9.17, 15) is 23.7 Å². The molecule has 1 atom stereocenters. The molecule has 0 saturated heterocycles. The van der Waals surface area contributed by atoms with Gasteiger partial charge in [-0.1, -0.05) is 15.9 Å². The maximum absolute atomic E-state index is 13.8. The molecule has 0 bridgehead atoms. The molecule has 1 N–H and O–H groups in total. The largest absolute Gasteiger partial charge is 0.351 e.